The number of anilines is 3. The van der Waals surface area contributed by atoms with Gasteiger partial charge < -0.3 is 10.1 Å². The second-order valence-electron chi connectivity index (χ2n) is 7.90. The van der Waals surface area contributed by atoms with Crippen LogP contribution in [0.2, 0.25) is 0 Å². The van der Waals surface area contributed by atoms with Gasteiger partial charge in [0.15, 0.2) is 6.61 Å². The normalized spacial score (nSPS) is 16.6. The van der Waals surface area contributed by atoms with Gasteiger partial charge in [-0.05, 0) is 44.0 Å². The molecule has 2 amide bonds. The summed E-state index contributed by atoms with van der Waals surface area (Å²) in [5.74, 6) is 0.716. The van der Waals surface area contributed by atoms with Crippen molar-refractivity contribution in [3.8, 4) is 17.0 Å². The van der Waals surface area contributed by atoms with Crippen LogP contribution in [0.5, 0.6) is 5.88 Å². The molecule has 0 bridgehead atoms. The lowest BCUT2D eigenvalue weighted by Crippen LogP contribution is -2.33. The number of aromatic nitrogens is 3. The van der Waals surface area contributed by atoms with Gasteiger partial charge in [-0.25, -0.2) is 15.0 Å². The molecule has 0 saturated carbocycles. The molecule has 0 atom stereocenters. The van der Waals surface area contributed by atoms with Crippen LogP contribution in [0.4, 0.5) is 17.1 Å². The second-order valence-corrected chi connectivity index (χ2v) is 7.90. The molecular formula is C22H19N5O3. The molecule has 2 aliphatic heterocycles. The number of benzene rings is 1. The molecule has 1 N–H and O–H groups in total. The summed E-state index contributed by atoms with van der Waals surface area (Å²) < 4.78 is 5.34. The van der Waals surface area contributed by atoms with E-state index in [-0.39, 0.29) is 18.4 Å². The number of aryl methyl sites for hydroxylation is 1. The van der Waals surface area contributed by atoms with Crippen molar-refractivity contribution in [2.75, 3.05) is 16.8 Å². The number of rotatable bonds is 2. The smallest absolute Gasteiger partial charge is 0.262 e. The molecule has 2 aromatic heterocycles. The molecule has 3 aromatic rings. The van der Waals surface area contributed by atoms with Crippen LogP contribution in [0, 0.1) is 6.92 Å². The van der Waals surface area contributed by atoms with Crippen LogP contribution in [0.1, 0.15) is 25.2 Å². The number of nitrogens with one attached hydrogen (secondary N) is 1. The van der Waals surface area contributed by atoms with Crippen LogP contribution < -0.4 is 15.0 Å². The zero-order valence-electron chi connectivity index (χ0n) is 16.8. The van der Waals surface area contributed by atoms with E-state index in [0.717, 1.165) is 22.4 Å². The van der Waals surface area contributed by atoms with Gasteiger partial charge in [0.1, 0.15) is 11.5 Å². The minimum absolute atomic E-state index is 0.0696. The van der Waals surface area contributed by atoms with Crippen molar-refractivity contribution in [1.29, 1.82) is 0 Å². The fourth-order valence-electron chi connectivity index (χ4n) is 3.82. The van der Waals surface area contributed by atoms with Crippen LogP contribution in [-0.4, -0.2) is 33.4 Å². The monoisotopic (exact) mass is 401 g/mol. The number of carbonyl (C=O) groups excluding carboxylic acids is 2. The minimum Gasteiger partial charge on any atom is -0.466 e. The first-order chi connectivity index (χ1) is 14.3. The molecule has 0 saturated heterocycles. The van der Waals surface area contributed by atoms with Crippen LogP contribution in [0.15, 0.2) is 42.9 Å². The van der Waals surface area contributed by atoms with Gasteiger partial charge >= 0.3 is 0 Å². The van der Waals surface area contributed by atoms with Crippen LogP contribution in [0.3, 0.4) is 0 Å². The molecule has 0 fully saturated rings. The van der Waals surface area contributed by atoms with Crippen molar-refractivity contribution >= 4 is 28.9 Å². The third-order valence-electron chi connectivity index (χ3n) is 5.47. The first-order valence-electron chi connectivity index (χ1n) is 9.55. The summed E-state index contributed by atoms with van der Waals surface area (Å²) >= 11 is 0. The van der Waals surface area contributed by atoms with E-state index in [4.69, 9.17) is 4.74 Å². The second kappa shape index (κ2) is 6.35. The summed E-state index contributed by atoms with van der Waals surface area (Å²) in [5.41, 5.74) is 3.78. The third kappa shape index (κ3) is 2.72. The fraction of sp³-hybridized carbons (Fsp3) is 0.227. The molecule has 30 heavy (non-hydrogen) atoms. The molecule has 1 aromatic carbocycles. The first-order valence-corrected chi connectivity index (χ1v) is 9.55. The Balaban J connectivity index is 1.63. The number of pyridine rings is 1. The highest BCUT2D eigenvalue weighted by atomic mass is 16.5. The Labute approximate surface area is 172 Å². The zero-order chi connectivity index (χ0) is 21.0. The molecule has 150 valence electrons. The molecule has 2 aliphatic rings. The van der Waals surface area contributed by atoms with Crippen LogP contribution >= 0.6 is 0 Å². The SMILES string of the molecule is Cc1ncc(-c2ccc3c(c2)N(c2cnc4c(c2)NC(=O)CO4)C(=O)C3(C)C)cn1. The summed E-state index contributed by atoms with van der Waals surface area (Å²) in [5, 5.41) is 2.74. The minimum atomic E-state index is -0.701. The highest BCUT2D eigenvalue weighted by Gasteiger charge is 2.45. The molecule has 8 heteroatoms. The van der Waals surface area contributed by atoms with E-state index in [2.05, 4.69) is 20.3 Å². The number of fused-ring (bicyclic) bond motifs is 2. The maximum Gasteiger partial charge on any atom is 0.262 e. The number of amides is 2. The van der Waals surface area contributed by atoms with Gasteiger partial charge in [-0.15, -0.1) is 0 Å². The Morgan fingerprint density at radius 1 is 1.03 bits per heavy atom. The average Bonchev–Trinajstić information content (AvgIpc) is 2.93. The molecule has 8 nitrogen and oxygen atoms in total. The highest BCUT2D eigenvalue weighted by molar-refractivity contribution is 6.13. The van der Waals surface area contributed by atoms with E-state index in [1.807, 2.05) is 39.0 Å². The first kappa shape index (κ1) is 18.2. The molecule has 5 rings (SSSR count). The van der Waals surface area contributed by atoms with E-state index in [0.29, 0.717) is 23.1 Å². The number of hydrogen-bond acceptors (Lipinski definition) is 6. The van der Waals surface area contributed by atoms with Gasteiger partial charge in [0.25, 0.3) is 5.91 Å². The number of nitrogens with zero attached hydrogens (tertiary/aromatic N) is 4. The Morgan fingerprint density at radius 2 is 1.80 bits per heavy atom. The predicted molar refractivity (Wildman–Crippen MR) is 111 cm³/mol. The Morgan fingerprint density at radius 3 is 2.57 bits per heavy atom. The Bertz CT molecular complexity index is 1200. The number of hydrogen-bond donors (Lipinski definition) is 1. The molecular weight excluding hydrogens is 382 g/mol. The topological polar surface area (TPSA) is 97.3 Å². The van der Waals surface area contributed by atoms with Gasteiger partial charge in [-0.3, -0.25) is 14.5 Å². The lowest BCUT2D eigenvalue weighted by molar-refractivity contribution is -0.121. The molecule has 0 spiro atoms. The summed E-state index contributed by atoms with van der Waals surface area (Å²) in [4.78, 5) is 39.5. The quantitative estimate of drug-likeness (QED) is 0.709. The summed E-state index contributed by atoms with van der Waals surface area (Å²) in [6, 6.07) is 7.62. The summed E-state index contributed by atoms with van der Waals surface area (Å²) in [6.45, 7) is 5.57. The maximum absolute atomic E-state index is 13.4. The average molecular weight is 401 g/mol. The van der Waals surface area contributed by atoms with E-state index in [1.54, 1.807) is 29.6 Å². The Hall–Kier alpha value is -3.81. The lowest BCUT2D eigenvalue weighted by atomic mass is 9.85. The van der Waals surface area contributed by atoms with Crippen molar-refractivity contribution in [2.45, 2.75) is 26.2 Å². The van der Waals surface area contributed by atoms with Gasteiger partial charge in [0.2, 0.25) is 11.8 Å². The van der Waals surface area contributed by atoms with Crippen molar-refractivity contribution in [1.82, 2.24) is 15.0 Å². The zero-order valence-corrected chi connectivity index (χ0v) is 16.8. The van der Waals surface area contributed by atoms with Crippen molar-refractivity contribution in [3.05, 3.63) is 54.2 Å². The van der Waals surface area contributed by atoms with Crippen LogP contribution in [-0.2, 0) is 15.0 Å². The fourth-order valence-corrected chi connectivity index (χ4v) is 3.82. The summed E-state index contributed by atoms with van der Waals surface area (Å²) in [7, 11) is 0. The largest absolute Gasteiger partial charge is 0.466 e. The standard InChI is InChI=1S/C22H19N5O3/c1-12-23-8-14(9-24-12)13-4-5-16-18(6-13)27(21(29)22(16,2)3)15-7-17-20(25-10-15)30-11-19(28)26-17/h4-10H,11H2,1-3H3,(H,26,28). The van der Waals surface area contributed by atoms with Crippen LogP contribution in [0.25, 0.3) is 11.1 Å². The number of carbonyl (C=O) groups is 2. The van der Waals surface area contributed by atoms with Crippen molar-refractivity contribution < 1.29 is 14.3 Å². The van der Waals surface area contributed by atoms with Gasteiger partial charge in [0.05, 0.1) is 23.0 Å². The summed E-state index contributed by atoms with van der Waals surface area (Å²) in [6.07, 6.45) is 5.12. The predicted octanol–water partition coefficient (Wildman–Crippen LogP) is 3.13. The van der Waals surface area contributed by atoms with E-state index < -0.39 is 5.41 Å². The third-order valence-corrected chi connectivity index (χ3v) is 5.47. The maximum atomic E-state index is 13.4. The lowest BCUT2D eigenvalue weighted by Gasteiger charge is -2.23. The van der Waals surface area contributed by atoms with Crippen molar-refractivity contribution in [2.24, 2.45) is 0 Å². The Kier molecular flexibility index (Phi) is 3.86. The highest BCUT2D eigenvalue weighted by Crippen LogP contribution is 2.47. The van der Waals surface area contributed by atoms with Crippen molar-refractivity contribution in [3.63, 3.8) is 0 Å². The van der Waals surface area contributed by atoms with Gasteiger partial charge in [0, 0.05) is 18.0 Å². The van der Waals surface area contributed by atoms with Gasteiger partial charge in [-0.1, -0.05) is 12.1 Å². The molecule has 0 aliphatic carbocycles. The number of ether oxygens (including phenoxy) is 1. The molecule has 4 heterocycles. The van der Waals surface area contributed by atoms with E-state index in [9.17, 15) is 9.59 Å². The van der Waals surface area contributed by atoms with E-state index in [1.165, 1.54) is 0 Å². The van der Waals surface area contributed by atoms with Gasteiger partial charge in [-0.2, -0.15) is 0 Å². The molecule has 0 radical (unpaired) electrons. The molecule has 0 unspecified atom stereocenters. The van der Waals surface area contributed by atoms with E-state index >= 15 is 0 Å².